The third-order valence-electron chi connectivity index (χ3n) is 1.34. The van der Waals surface area contributed by atoms with E-state index >= 15 is 0 Å². The molecule has 0 N–H and O–H groups in total. The van der Waals surface area contributed by atoms with Gasteiger partial charge in [-0.1, -0.05) is 13.2 Å². The lowest BCUT2D eigenvalue weighted by atomic mass is 10.4. The zero-order valence-electron chi connectivity index (χ0n) is 8.56. The number of carbonyl (C=O) groups is 1. The van der Waals surface area contributed by atoms with Gasteiger partial charge in [0.15, 0.2) is 6.29 Å². The summed E-state index contributed by atoms with van der Waals surface area (Å²) in [5.74, 6) is -0.460. The average molecular weight is 200 g/mol. The fourth-order valence-corrected chi connectivity index (χ4v) is 0.726. The summed E-state index contributed by atoms with van der Waals surface area (Å²) < 4.78 is 15.0. The van der Waals surface area contributed by atoms with E-state index in [-0.39, 0.29) is 12.7 Å². The summed E-state index contributed by atoms with van der Waals surface area (Å²) in [6.07, 6.45) is 1.69. The molecule has 2 unspecified atom stereocenters. The van der Waals surface area contributed by atoms with Crippen LogP contribution < -0.4 is 0 Å². The van der Waals surface area contributed by atoms with Crippen LogP contribution in [-0.4, -0.2) is 25.0 Å². The van der Waals surface area contributed by atoms with Crippen LogP contribution in [0.3, 0.4) is 0 Å². The van der Waals surface area contributed by atoms with Gasteiger partial charge >= 0.3 is 5.97 Å². The molecule has 0 radical (unpaired) electrons. The van der Waals surface area contributed by atoms with Gasteiger partial charge in [-0.05, 0) is 13.8 Å². The van der Waals surface area contributed by atoms with Crippen LogP contribution in [0.5, 0.6) is 0 Å². The molecule has 0 bridgehead atoms. The smallest absolute Gasteiger partial charge is 0.330 e. The van der Waals surface area contributed by atoms with Crippen molar-refractivity contribution in [3.05, 3.63) is 25.5 Å². The highest BCUT2D eigenvalue weighted by Gasteiger charge is 2.08. The van der Waals surface area contributed by atoms with Crippen molar-refractivity contribution in [1.82, 2.24) is 0 Å². The maximum absolute atomic E-state index is 10.7. The summed E-state index contributed by atoms with van der Waals surface area (Å²) in [5, 5.41) is 0. The fourth-order valence-electron chi connectivity index (χ4n) is 0.726. The first-order chi connectivity index (χ1) is 6.60. The minimum atomic E-state index is -0.460. The van der Waals surface area contributed by atoms with Gasteiger partial charge in [-0.15, -0.1) is 0 Å². The van der Waals surface area contributed by atoms with E-state index in [1.165, 1.54) is 6.26 Å². The van der Waals surface area contributed by atoms with Crippen LogP contribution in [0.4, 0.5) is 0 Å². The van der Waals surface area contributed by atoms with E-state index in [1.807, 2.05) is 0 Å². The molecule has 0 rings (SSSR count). The maximum atomic E-state index is 10.7. The van der Waals surface area contributed by atoms with Crippen LogP contribution in [0.2, 0.25) is 0 Å². The summed E-state index contributed by atoms with van der Waals surface area (Å²) in [7, 11) is 0. The van der Waals surface area contributed by atoms with Crippen molar-refractivity contribution < 1.29 is 19.0 Å². The van der Waals surface area contributed by atoms with Crippen LogP contribution in [0.25, 0.3) is 0 Å². The van der Waals surface area contributed by atoms with Gasteiger partial charge in [-0.25, -0.2) is 4.79 Å². The molecule has 2 atom stereocenters. The van der Waals surface area contributed by atoms with Gasteiger partial charge in [-0.3, -0.25) is 0 Å². The molecule has 0 aliphatic rings. The average Bonchev–Trinajstić information content (AvgIpc) is 2.15. The molecule has 0 spiro atoms. The minimum Gasteiger partial charge on any atom is -0.473 e. The Morgan fingerprint density at radius 2 is 2.07 bits per heavy atom. The summed E-state index contributed by atoms with van der Waals surface area (Å²) >= 11 is 0. The first kappa shape index (κ1) is 12.7. The highest BCUT2D eigenvalue weighted by atomic mass is 16.7. The second kappa shape index (κ2) is 7.15. The molecule has 0 amide bonds. The van der Waals surface area contributed by atoms with Crippen molar-refractivity contribution in [2.24, 2.45) is 0 Å². The Bertz CT molecular complexity index is 200. The lowest BCUT2D eigenvalue weighted by Crippen LogP contribution is -2.22. The zero-order chi connectivity index (χ0) is 11.0. The molecular weight excluding hydrogens is 184 g/mol. The van der Waals surface area contributed by atoms with Gasteiger partial charge < -0.3 is 14.2 Å². The molecule has 0 aromatic carbocycles. The number of carbonyl (C=O) groups excluding carboxylic acids is 1. The quantitative estimate of drug-likeness (QED) is 0.271. The Morgan fingerprint density at radius 1 is 1.43 bits per heavy atom. The molecule has 80 valence electrons. The second-order valence-corrected chi connectivity index (χ2v) is 2.66. The third-order valence-corrected chi connectivity index (χ3v) is 1.34. The first-order valence-electron chi connectivity index (χ1n) is 4.31. The molecule has 0 aromatic rings. The van der Waals surface area contributed by atoms with Gasteiger partial charge in [0.25, 0.3) is 0 Å². The van der Waals surface area contributed by atoms with Gasteiger partial charge in [-0.2, -0.15) is 0 Å². The summed E-state index contributed by atoms with van der Waals surface area (Å²) in [4.78, 5) is 10.7. The van der Waals surface area contributed by atoms with E-state index in [1.54, 1.807) is 13.8 Å². The van der Waals surface area contributed by atoms with E-state index in [4.69, 9.17) is 14.2 Å². The number of hydrogen-bond acceptors (Lipinski definition) is 4. The Morgan fingerprint density at radius 3 is 2.57 bits per heavy atom. The van der Waals surface area contributed by atoms with Crippen LogP contribution >= 0.6 is 0 Å². The molecule has 0 aliphatic heterocycles. The van der Waals surface area contributed by atoms with Crippen LogP contribution in [0.15, 0.2) is 25.5 Å². The van der Waals surface area contributed by atoms with E-state index in [0.717, 1.165) is 6.08 Å². The number of esters is 1. The van der Waals surface area contributed by atoms with Crippen molar-refractivity contribution in [2.45, 2.75) is 26.2 Å². The highest BCUT2D eigenvalue weighted by Crippen LogP contribution is 1.99. The van der Waals surface area contributed by atoms with E-state index in [0.29, 0.717) is 0 Å². The first-order valence-corrected chi connectivity index (χ1v) is 4.31. The molecular formula is C10H16O4. The topological polar surface area (TPSA) is 44.8 Å². The van der Waals surface area contributed by atoms with E-state index in [2.05, 4.69) is 13.2 Å². The van der Waals surface area contributed by atoms with E-state index in [9.17, 15) is 4.79 Å². The van der Waals surface area contributed by atoms with Gasteiger partial charge in [0, 0.05) is 6.08 Å². The van der Waals surface area contributed by atoms with Crippen LogP contribution in [-0.2, 0) is 19.0 Å². The second-order valence-electron chi connectivity index (χ2n) is 2.66. The van der Waals surface area contributed by atoms with Crippen molar-refractivity contribution in [1.29, 1.82) is 0 Å². The Kier molecular flexibility index (Phi) is 6.49. The predicted octanol–water partition coefficient (Wildman–Crippen LogP) is 1.63. The Balaban J connectivity index is 3.62. The minimum absolute atomic E-state index is 0.272. The molecule has 0 heterocycles. The maximum Gasteiger partial charge on any atom is 0.330 e. The molecule has 4 heteroatoms. The van der Waals surface area contributed by atoms with Crippen molar-refractivity contribution >= 4 is 5.97 Å². The monoisotopic (exact) mass is 200 g/mol. The van der Waals surface area contributed by atoms with Gasteiger partial charge in [0.1, 0.15) is 6.10 Å². The van der Waals surface area contributed by atoms with Crippen LogP contribution in [0, 0.1) is 0 Å². The summed E-state index contributed by atoms with van der Waals surface area (Å²) in [6.45, 7) is 10.4. The standard InChI is InChI=1S/C10H16O4/c1-5-10(11)14-8(3)7-13-9(4)12-6-2/h5-6,8-9H,1-2,7H2,3-4H3. The predicted molar refractivity (Wildman–Crippen MR) is 52.4 cm³/mol. The molecule has 0 fully saturated rings. The normalized spacial score (nSPS) is 13.9. The molecule has 0 saturated heterocycles. The van der Waals surface area contributed by atoms with Crippen molar-refractivity contribution in [3.8, 4) is 0 Å². The Hall–Kier alpha value is -1.29. The van der Waals surface area contributed by atoms with Gasteiger partial charge in [0.05, 0.1) is 12.9 Å². The molecule has 14 heavy (non-hydrogen) atoms. The van der Waals surface area contributed by atoms with Crippen molar-refractivity contribution in [2.75, 3.05) is 6.61 Å². The third kappa shape index (κ3) is 6.25. The van der Waals surface area contributed by atoms with Gasteiger partial charge in [0.2, 0.25) is 0 Å². The number of ether oxygens (including phenoxy) is 3. The Labute approximate surface area is 84.1 Å². The molecule has 0 aliphatic carbocycles. The number of hydrogen-bond donors (Lipinski definition) is 0. The SMILES string of the molecule is C=COC(C)OCC(C)OC(=O)C=C. The molecule has 4 nitrogen and oxygen atoms in total. The lowest BCUT2D eigenvalue weighted by molar-refractivity contribution is -0.153. The summed E-state index contributed by atoms with van der Waals surface area (Å²) in [6, 6.07) is 0. The highest BCUT2D eigenvalue weighted by molar-refractivity contribution is 5.81. The van der Waals surface area contributed by atoms with Crippen molar-refractivity contribution in [3.63, 3.8) is 0 Å². The summed E-state index contributed by atoms with van der Waals surface area (Å²) in [5.41, 5.74) is 0. The van der Waals surface area contributed by atoms with Crippen LogP contribution in [0.1, 0.15) is 13.8 Å². The molecule has 0 saturated carbocycles. The fraction of sp³-hybridized carbons (Fsp3) is 0.500. The number of rotatable bonds is 7. The largest absolute Gasteiger partial charge is 0.473 e. The van der Waals surface area contributed by atoms with E-state index < -0.39 is 12.3 Å². The zero-order valence-corrected chi connectivity index (χ0v) is 8.56. The molecule has 0 aromatic heterocycles. The lowest BCUT2D eigenvalue weighted by Gasteiger charge is -2.16.